The Morgan fingerprint density at radius 1 is 1.15 bits per heavy atom. The first-order valence-electron chi connectivity index (χ1n) is 7.79. The van der Waals surface area contributed by atoms with Crippen molar-refractivity contribution in [3.8, 4) is 5.75 Å². The molecule has 0 spiro atoms. The van der Waals surface area contributed by atoms with Gasteiger partial charge < -0.3 is 9.83 Å². The summed E-state index contributed by atoms with van der Waals surface area (Å²) < 4.78 is 17.1. The quantitative estimate of drug-likeness (QED) is 0.375. The molecule has 4 aromatic rings. The second-order valence-electron chi connectivity index (χ2n) is 5.97. The Kier molecular flexibility index (Phi) is 4.30. The average molecular weight is 401 g/mol. The summed E-state index contributed by atoms with van der Waals surface area (Å²) in [5.41, 5.74) is 1.62. The molecule has 1 unspecified atom stereocenters. The highest BCUT2D eigenvalue weighted by Gasteiger charge is 2.15. The lowest BCUT2D eigenvalue weighted by Gasteiger charge is -2.14. The number of nitrogens with zero attached hydrogens (tertiary/aromatic N) is 1. The molecule has 0 aliphatic rings. The number of phenols is 1. The van der Waals surface area contributed by atoms with Crippen molar-refractivity contribution < 1.29 is 9.32 Å². The first-order chi connectivity index (χ1) is 12.4. The zero-order valence-corrected chi connectivity index (χ0v) is 16.4. The van der Waals surface area contributed by atoms with Crippen molar-refractivity contribution in [2.45, 2.75) is 9.24 Å². The molecule has 0 aliphatic carbocycles. The number of nitrogens with one attached hydrogen (secondary N) is 1. The minimum atomic E-state index is -2.45. The van der Waals surface area contributed by atoms with Gasteiger partial charge in [0.2, 0.25) is 0 Å². The number of aromatic nitrogens is 1. The van der Waals surface area contributed by atoms with E-state index < -0.39 is 9.71 Å². The van der Waals surface area contributed by atoms with Crippen LogP contribution in [0.4, 0.5) is 5.69 Å². The standard InChI is InChI=1S/C19H16N2O2S3/c1-26(2,23)21-15-11-17(18(22)13-8-4-3-7-12(13)15)25-19-20-14-9-5-6-10-16(14)24-19/h3-11,22H,1H2,2H3,(H,21,23). The molecule has 132 valence electrons. The Labute approximate surface area is 160 Å². The number of anilines is 1. The molecule has 3 aromatic carbocycles. The summed E-state index contributed by atoms with van der Waals surface area (Å²) in [5, 5.41) is 12.3. The van der Waals surface area contributed by atoms with Crippen molar-refractivity contribution >= 4 is 65.4 Å². The van der Waals surface area contributed by atoms with E-state index in [9.17, 15) is 9.32 Å². The predicted octanol–water partition coefficient (Wildman–Crippen LogP) is 4.98. The Morgan fingerprint density at radius 2 is 1.85 bits per heavy atom. The second-order valence-corrected chi connectivity index (χ2v) is 10.5. The van der Waals surface area contributed by atoms with E-state index in [1.807, 2.05) is 54.6 Å². The molecule has 7 heteroatoms. The van der Waals surface area contributed by atoms with Crippen LogP contribution in [0.5, 0.6) is 5.75 Å². The fourth-order valence-electron chi connectivity index (χ4n) is 2.72. The maximum absolute atomic E-state index is 12.2. The SMILES string of the molecule is C=S(C)(=O)Nc1cc(Sc2nc3ccccc3s2)c(O)c2ccccc12. The number of phenolic OH excluding ortho intramolecular Hbond substituents is 1. The highest BCUT2D eigenvalue weighted by molar-refractivity contribution is 8.01. The third kappa shape index (κ3) is 3.38. The molecule has 0 radical (unpaired) electrons. The van der Waals surface area contributed by atoms with Crippen molar-refractivity contribution in [1.82, 2.24) is 4.98 Å². The summed E-state index contributed by atoms with van der Waals surface area (Å²) in [5.74, 6) is 3.87. The van der Waals surface area contributed by atoms with E-state index in [1.165, 1.54) is 11.8 Å². The van der Waals surface area contributed by atoms with Gasteiger partial charge in [-0.3, -0.25) is 0 Å². The molecule has 26 heavy (non-hydrogen) atoms. The minimum absolute atomic E-state index is 0.196. The summed E-state index contributed by atoms with van der Waals surface area (Å²) in [7, 11) is -2.45. The molecule has 1 atom stereocenters. The molecule has 0 saturated heterocycles. The van der Waals surface area contributed by atoms with Gasteiger partial charge in [0.15, 0.2) is 4.34 Å². The van der Waals surface area contributed by atoms with Crippen LogP contribution in [0.3, 0.4) is 0 Å². The van der Waals surface area contributed by atoms with Crippen LogP contribution in [0.15, 0.2) is 63.8 Å². The van der Waals surface area contributed by atoms with Crippen LogP contribution in [0.25, 0.3) is 21.0 Å². The summed E-state index contributed by atoms with van der Waals surface area (Å²) in [6, 6.07) is 17.2. The first kappa shape index (κ1) is 17.2. The van der Waals surface area contributed by atoms with Gasteiger partial charge in [0, 0.05) is 26.7 Å². The third-order valence-corrected chi connectivity index (χ3v) is 6.56. The Morgan fingerprint density at radius 3 is 2.58 bits per heavy atom. The van der Waals surface area contributed by atoms with Gasteiger partial charge in [-0.25, -0.2) is 9.19 Å². The number of hydrogen-bond acceptors (Lipinski definition) is 5. The number of rotatable bonds is 4. The molecule has 0 amide bonds. The van der Waals surface area contributed by atoms with Crippen molar-refractivity contribution in [1.29, 1.82) is 0 Å². The zero-order valence-electron chi connectivity index (χ0n) is 13.9. The van der Waals surface area contributed by atoms with Gasteiger partial charge in [-0.15, -0.1) is 11.3 Å². The third-order valence-electron chi connectivity index (χ3n) is 3.78. The van der Waals surface area contributed by atoms with Crippen LogP contribution >= 0.6 is 23.1 Å². The first-order valence-corrected chi connectivity index (χ1v) is 11.6. The van der Waals surface area contributed by atoms with E-state index in [1.54, 1.807) is 17.6 Å². The van der Waals surface area contributed by atoms with Crippen molar-refractivity contribution in [2.75, 3.05) is 11.0 Å². The minimum Gasteiger partial charge on any atom is -0.506 e. The van der Waals surface area contributed by atoms with Gasteiger partial charge in [-0.05, 0) is 24.1 Å². The fourth-order valence-corrected chi connectivity index (χ4v) is 5.47. The molecule has 4 nitrogen and oxygen atoms in total. The van der Waals surface area contributed by atoms with Gasteiger partial charge in [0.1, 0.15) is 5.75 Å². The molecular formula is C19H16N2O2S3. The van der Waals surface area contributed by atoms with Crippen molar-refractivity contribution in [3.63, 3.8) is 0 Å². The highest BCUT2D eigenvalue weighted by Crippen LogP contribution is 2.44. The number of hydrogen-bond donors (Lipinski definition) is 2. The molecule has 2 N–H and O–H groups in total. The largest absolute Gasteiger partial charge is 0.506 e. The Balaban J connectivity index is 1.84. The zero-order chi connectivity index (χ0) is 18.3. The number of fused-ring (bicyclic) bond motifs is 2. The van der Waals surface area contributed by atoms with Crippen LogP contribution in [0, 0.1) is 0 Å². The maximum atomic E-state index is 12.2. The Hall–Kier alpha value is -2.22. The highest BCUT2D eigenvalue weighted by atomic mass is 32.2. The molecule has 0 fully saturated rings. The topological polar surface area (TPSA) is 62.2 Å². The van der Waals surface area contributed by atoms with Crippen molar-refractivity contribution in [3.05, 3.63) is 54.6 Å². The monoisotopic (exact) mass is 400 g/mol. The average Bonchev–Trinajstić information content (AvgIpc) is 3.00. The lowest BCUT2D eigenvalue weighted by molar-refractivity contribution is 0.469. The summed E-state index contributed by atoms with van der Waals surface area (Å²) >= 11 is 2.98. The molecule has 0 aliphatic heterocycles. The lowest BCUT2D eigenvalue weighted by Crippen LogP contribution is -2.09. The summed E-state index contributed by atoms with van der Waals surface area (Å²) in [6.07, 6.45) is 1.55. The summed E-state index contributed by atoms with van der Waals surface area (Å²) in [4.78, 5) is 5.28. The van der Waals surface area contributed by atoms with E-state index in [0.29, 0.717) is 16.0 Å². The van der Waals surface area contributed by atoms with E-state index in [0.717, 1.165) is 19.9 Å². The van der Waals surface area contributed by atoms with Crippen LogP contribution in [-0.2, 0) is 9.71 Å². The molecule has 1 aromatic heterocycles. The van der Waals surface area contributed by atoms with Crippen LogP contribution in [0.2, 0.25) is 0 Å². The Bertz CT molecular complexity index is 1200. The van der Waals surface area contributed by atoms with Gasteiger partial charge in [0.25, 0.3) is 0 Å². The molecular weight excluding hydrogens is 384 g/mol. The van der Waals surface area contributed by atoms with E-state index >= 15 is 0 Å². The van der Waals surface area contributed by atoms with Crippen molar-refractivity contribution in [2.24, 2.45) is 0 Å². The van der Waals surface area contributed by atoms with Crippen LogP contribution < -0.4 is 4.72 Å². The van der Waals surface area contributed by atoms with Crippen LogP contribution in [0.1, 0.15) is 0 Å². The number of thiazole rings is 1. The number of para-hydroxylation sites is 1. The smallest absolute Gasteiger partial charge is 0.156 e. The second kappa shape index (κ2) is 6.50. The molecule has 0 bridgehead atoms. The number of aromatic hydroxyl groups is 1. The summed E-state index contributed by atoms with van der Waals surface area (Å²) in [6.45, 7) is 0. The van der Waals surface area contributed by atoms with E-state index in [-0.39, 0.29) is 5.75 Å². The molecule has 4 rings (SSSR count). The van der Waals surface area contributed by atoms with Gasteiger partial charge in [-0.1, -0.05) is 48.2 Å². The van der Waals surface area contributed by atoms with Gasteiger partial charge in [0.05, 0.1) is 20.8 Å². The predicted molar refractivity (Wildman–Crippen MR) is 114 cm³/mol. The van der Waals surface area contributed by atoms with E-state index in [2.05, 4.69) is 15.6 Å². The fraction of sp³-hybridized carbons (Fsp3) is 0.0526. The normalized spacial score (nSPS) is 13.7. The number of benzene rings is 3. The molecule has 0 saturated carbocycles. The lowest BCUT2D eigenvalue weighted by atomic mass is 10.1. The van der Waals surface area contributed by atoms with E-state index in [4.69, 9.17) is 0 Å². The maximum Gasteiger partial charge on any atom is 0.156 e. The van der Waals surface area contributed by atoms with Crippen LogP contribution in [-0.4, -0.2) is 26.4 Å². The van der Waals surface area contributed by atoms with Gasteiger partial charge >= 0.3 is 0 Å². The molecule has 1 heterocycles. The van der Waals surface area contributed by atoms with Gasteiger partial charge in [-0.2, -0.15) is 0 Å².